The minimum atomic E-state index is -0.512. The number of esters is 1. The number of benzene rings is 3. The van der Waals surface area contributed by atoms with Crippen molar-refractivity contribution in [1.82, 2.24) is 4.98 Å². The summed E-state index contributed by atoms with van der Waals surface area (Å²) >= 11 is 0. The Morgan fingerprint density at radius 3 is 2.44 bits per heavy atom. The van der Waals surface area contributed by atoms with Gasteiger partial charge in [0.1, 0.15) is 5.60 Å². The van der Waals surface area contributed by atoms with Crippen LogP contribution in [0, 0.1) is 0 Å². The van der Waals surface area contributed by atoms with Crippen molar-refractivity contribution in [1.29, 1.82) is 0 Å². The van der Waals surface area contributed by atoms with Crippen molar-refractivity contribution in [2.45, 2.75) is 45.3 Å². The summed E-state index contributed by atoms with van der Waals surface area (Å²) < 4.78 is 5.53. The van der Waals surface area contributed by atoms with E-state index in [1.54, 1.807) is 0 Å². The number of carbonyl (C=O) groups is 1. The number of anilines is 2. The van der Waals surface area contributed by atoms with Crippen LogP contribution in [0.4, 0.5) is 11.4 Å². The molecule has 0 bridgehead atoms. The topological polar surface area (TPSA) is 45.3 Å². The second-order valence-corrected chi connectivity index (χ2v) is 9.41. The SMILES string of the molecule is CC(C)(C)OC(=O)c1ccc(N2c3ccccc3CCC2c2cc3ccccc3[nH]2)cc1. The summed E-state index contributed by atoms with van der Waals surface area (Å²) in [6, 6.07) is 27.2. The minimum absolute atomic E-state index is 0.185. The van der Waals surface area contributed by atoms with Gasteiger partial charge in [0.25, 0.3) is 0 Å². The first-order valence-electron chi connectivity index (χ1n) is 11.2. The molecule has 3 aromatic carbocycles. The third kappa shape index (κ3) is 3.89. The molecular formula is C28H28N2O2. The normalized spacial score (nSPS) is 16.1. The standard InChI is InChI=1S/C28H28N2O2/c1-28(2,3)32-27(31)20-12-15-22(16-13-20)30-25-11-7-5-8-19(25)14-17-26(30)24-18-21-9-4-6-10-23(21)29-24/h4-13,15-16,18,26,29H,14,17H2,1-3H3. The maximum Gasteiger partial charge on any atom is 0.338 e. The van der Waals surface area contributed by atoms with Gasteiger partial charge in [-0.3, -0.25) is 0 Å². The predicted molar refractivity (Wildman–Crippen MR) is 130 cm³/mol. The number of hydrogen-bond acceptors (Lipinski definition) is 3. The first-order valence-corrected chi connectivity index (χ1v) is 11.2. The Bertz CT molecular complexity index is 1230. The molecule has 0 aliphatic carbocycles. The van der Waals surface area contributed by atoms with Crippen molar-refractivity contribution >= 4 is 28.2 Å². The number of fused-ring (bicyclic) bond motifs is 2. The molecule has 1 aliphatic rings. The van der Waals surface area contributed by atoms with E-state index >= 15 is 0 Å². The van der Waals surface area contributed by atoms with Gasteiger partial charge in [0.2, 0.25) is 0 Å². The Balaban J connectivity index is 1.54. The van der Waals surface area contributed by atoms with E-state index in [-0.39, 0.29) is 12.0 Å². The van der Waals surface area contributed by atoms with Gasteiger partial charge in [-0.15, -0.1) is 0 Å². The fourth-order valence-corrected chi connectivity index (χ4v) is 4.53. The van der Waals surface area contributed by atoms with Gasteiger partial charge in [-0.05, 0) is 87.0 Å². The molecule has 0 spiro atoms. The average molecular weight is 425 g/mol. The number of H-pyrrole nitrogens is 1. The van der Waals surface area contributed by atoms with E-state index in [1.165, 1.54) is 22.3 Å². The summed E-state index contributed by atoms with van der Waals surface area (Å²) in [7, 11) is 0. The molecule has 0 amide bonds. The van der Waals surface area contributed by atoms with Crippen LogP contribution in [-0.4, -0.2) is 16.6 Å². The van der Waals surface area contributed by atoms with Gasteiger partial charge in [-0.2, -0.15) is 0 Å². The third-order valence-corrected chi connectivity index (χ3v) is 5.94. The van der Waals surface area contributed by atoms with Crippen LogP contribution >= 0.6 is 0 Å². The highest BCUT2D eigenvalue weighted by atomic mass is 16.6. The predicted octanol–water partition coefficient (Wildman–Crippen LogP) is 6.95. The van der Waals surface area contributed by atoms with Gasteiger partial charge in [-0.1, -0.05) is 36.4 Å². The quantitative estimate of drug-likeness (QED) is 0.362. The first-order chi connectivity index (χ1) is 15.4. The van der Waals surface area contributed by atoms with E-state index in [1.807, 2.05) is 45.0 Å². The molecule has 1 aromatic heterocycles. The highest BCUT2D eigenvalue weighted by molar-refractivity contribution is 5.90. The summed E-state index contributed by atoms with van der Waals surface area (Å²) in [6.45, 7) is 5.65. The van der Waals surface area contributed by atoms with Crippen LogP contribution in [-0.2, 0) is 11.2 Å². The van der Waals surface area contributed by atoms with Crippen LogP contribution < -0.4 is 4.90 Å². The maximum atomic E-state index is 12.5. The van der Waals surface area contributed by atoms with Gasteiger partial charge in [0.05, 0.1) is 11.6 Å². The van der Waals surface area contributed by atoms with Crippen LogP contribution in [0.15, 0.2) is 78.9 Å². The molecule has 4 nitrogen and oxygen atoms in total. The van der Waals surface area contributed by atoms with Crippen molar-refractivity contribution in [3.63, 3.8) is 0 Å². The molecule has 1 atom stereocenters. The number of para-hydroxylation sites is 2. The van der Waals surface area contributed by atoms with Gasteiger partial charge in [0, 0.05) is 22.6 Å². The zero-order valence-electron chi connectivity index (χ0n) is 18.8. The Morgan fingerprint density at radius 1 is 0.969 bits per heavy atom. The van der Waals surface area contributed by atoms with Crippen molar-refractivity contribution in [3.05, 3.63) is 95.7 Å². The Labute approximate surface area is 188 Å². The molecular weight excluding hydrogens is 396 g/mol. The molecule has 5 rings (SSSR count). The molecule has 0 fully saturated rings. The molecule has 4 aromatic rings. The zero-order chi connectivity index (χ0) is 22.3. The molecule has 2 heterocycles. The summed E-state index contributed by atoms with van der Waals surface area (Å²) in [5.74, 6) is -0.296. The lowest BCUT2D eigenvalue weighted by atomic mass is 9.93. The number of aromatic nitrogens is 1. The molecule has 1 aliphatic heterocycles. The van der Waals surface area contributed by atoms with Gasteiger partial charge in [0.15, 0.2) is 0 Å². The lowest BCUT2D eigenvalue weighted by Gasteiger charge is -2.38. The zero-order valence-corrected chi connectivity index (χ0v) is 18.8. The fourth-order valence-electron chi connectivity index (χ4n) is 4.53. The number of nitrogens with zero attached hydrogens (tertiary/aromatic N) is 1. The van der Waals surface area contributed by atoms with Crippen molar-refractivity contribution in [3.8, 4) is 0 Å². The van der Waals surface area contributed by atoms with E-state index in [0.29, 0.717) is 5.56 Å². The maximum absolute atomic E-state index is 12.5. The minimum Gasteiger partial charge on any atom is -0.456 e. The summed E-state index contributed by atoms with van der Waals surface area (Å²) in [5.41, 5.74) is 6.04. The number of aryl methyl sites for hydroxylation is 1. The van der Waals surface area contributed by atoms with Crippen LogP contribution in [0.25, 0.3) is 10.9 Å². The van der Waals surface area contributed by atoms with Gasteiger partial charge < -0.3 is 14.6 Å². The number of hydrogen-bond donors (Lipinski definition) is 1. The second kappa shape index (κ2) is 7.86. The Morgan fingerprint density at radius 2 is 1.69 bits per heavy atom. The Kier molecular flexibility index (Phi) is 5.01. The van der Waals surface area contributed by atoms with Crippen LogP contribution in [0.2, 0.25) is 0 Å². The highest BCUT2D eigenvalue weighted by Gasteiger charge is 2.30. The molecule has 1 unspecified atom stereocenters. The van der Waals surface area contributed by atoms with Crippen molar-refractivity contribution in [2.75, 3.05) is 4.90 Å². The summed E-state index contributed by atoms with van der Waals surface area (Å²) in [5, 5.41) is 1.22. The second-order valence-electron chi connectivity index (χ2n) is 9.41. The smallest absolute Gasteiger partial charge is 0.338 e. The lowest BCUT2D eigenvalue weighted by Crippen LogP contribution is -2.29. The van der Waals surface area contributed by atoms with Gasteiger partial charge >= 0.3 is 5.97 Å². The van der Waals surface area contributed by atoms with Crippen LogP contribution in [0.1, 0.15) is 54.8 Å². The molecule has 32 heavy (non-hydrogen) atoms. The first kappa shape index (κ1) is 20.4. The van der Waals surface area contributed by atoms with E-state index in [9.17, 15) is 4.79 Å². The average Bonchev–Trinajstić information content (AvgIpc) is 3.21. The summed E-state index contributed by atoms with van der Waals surface area (Å²) in [4.78, 5) is 18.5. The molecule has 0 saturated carbocycles. The number of carbonyl (C=O) groups excluding carboxylic acids is 1. The van der Waals surface area contributed by atoms with Crippen molar-refractivity contribution in [2.24, 2.45) is 0 Å². The van der Waals surface area contributed by atoms with E-state index in [4.69, 9.17) is 4.74 Å². The van der Waals surface area contributed by atoms with Gasteiger partial charge in [-0.25, -0.2) is 4.79 Å². The van der Waals surface area contributed by atoms with E-state index in [2.05, 4.69) is 64.5 Å². The third-order valence-electron chi connectivity index (χ3n) is 5.94. The fraction of sp³-hybridized carbons (Fsp3) is 0.250. The number of rotatable bonds is 3. The van der Waals surface area contributed by atoms with Crippen LogP contribution in [0.3, 0.4) is 0 Å². The van der Waals surface area contributed by atoms with Crippen LogP contribution in [0.5, 0.6) is 0 Å². The van der Waals surface area contributed by atoms with E-state index < -0.39 is 5.60 Å². The van der Waals surface area contributed by atoms with Crippen molar-refractivity contribution < 1.29 is 9.53 Å². The summed E-state index contributed by atoms with van der Waals surface area (Å²) in [6.07, 6.45) is 2.04. The highest BCUT2D eigenvalue weighted by Crippen LogP contribution is 2.43. The molecule has 0 saturated heterocycles. The Hall–Kier alpha value is -3.53. The molecule has 1 N–H and O–H groups in total. The lowest BCUT2D eigenvalue weighted by molar-refractivity contribution is 0.00695. The number of ether oxygens (including phenoxy) is 1. The monoisotopic (exact) mass is 424 g/mol. The number of nitrogens with one attached hydrogen (secondary N) is 1. The largest absolute Gasteiger partial charge is 0.456 e. The molecule has 0 radical (unpaired) electrons. The molecule has 162 valence electrons. The van der Waals surface area contributed by atoms with E-state index in [0.717, 1.165) is 24.0 Å². The number of aromatic amines is 1. The molecule has 4 heteroatoms.